The van der Waals surface area contributed by atoms with E-state index in [2.05, 4.69) is 10.6 Å². The summed E-state index contributed by atoms with van der Waals surface area (Å²) in [4.78, 5) is 24.2. The number of carbonyl (C=O) groups is 2. The van der Waals surface area contributed by atoms with Crippen LogP contribution in [-0.4, -0.2) is 30.0 Å². The molecule has 0 spiro atoms. The Morgan fingerprint density at radius 3 is 2.67 bits per heavy atom. The van der Waals surface area contributed by atoms with E-state index in [9.17, 15) is 14.7 Å². The molecule has 1 atom stereocenters. The van der Waals surface area contributed by atoms with Crippen LogP contribution in [0.15, 0.2) is 41.8 Å². The van der Waals surface area contributed by atoms with Gasteiger partial charge in [-0.05, 0) is 35.9 Å². The normalized spacial score (nSPS) is 11.8. The molecule has 2 rings (SSSR count). The van der Waals surface area contributed by atoms with E-state index < -0.39 is 6.10 Å². The molecule has 5 nitrogen and oxygen atoms in total. The minimum absolute atomic E-state index is 0.111. The van der Waals surface area contributed by atoms with Crippen LogP contribution in [0.3, 0.4) is 0 Å². The second-order valence-corrected chi connectivity index (χ2v) is 6.46. The van der Waals surface area contributed by atoms with Gasteiger partial charge in [-0.25, -0.2) is 0 Å². The predicted molar refractivity (Wildman–Crippen MR) is 95.0 cm³/mol. The topological polar surface area (TPSA) is 78.4 Å². The molecule has 0 saturated heterocycles. The van der Waals surface area contributed by atoms with Crippen molar-refractivity contribution in [2.75, 3.05) is 13.1 Å². The zero-order valence-electron chi connectivity index (χ0n) is 13.6. The number of aryl methyl sites for hydroxylation is 1. The van der Waals surface area contributed by atoms with E-state index >= 15 is 0 Å². The van der Waals surface area contributed by atoms with Crippen molar-refractivity contribution in [1.29, 1.82) is 0 Å². The number of aliphatic hydroxyl groups is 1. The molecule has 0 fully saturated rings. The number of hydrogen-bond donors (Lipinski definition) is 3. The van der Waals surface area contributed by atoms with Gasteiger partial charge in [0.05, 0.1) is 11.0 Å². The van der Waals surface area contributed by atoms with E-state index in [1.165, 1.54) is 11.3 Å². The second kappa shape index (κ2) is 9.20. The van der Waals surface area contributed by atoms with Crippen LogP contribution in [0.1, 0.15) is 39.7 Å². The maximum Gasteiger partial charge on any atom is 0.261 e. The smallest absolute Gasteiger partial charge is 0.261 e. The summed E-state index contributed by atoms with van der Waals surface area (Å²) < 4.78 is 0. The van der Waals surface area contributed by atoms with Gasteiger partial charge in [0, 0.05) is 19.5 Å². The summed E-state index contributed by atoms with van der Waals surface area (Å²) in [7, 11) is 0. The van der Waals surface area contributed by atoms with Gasteiger partial charge in [-0.15, -0.1) is 11.3 Å². The Labute approximate surface area is 145 Å². The standard InChI is InChI=1S/C18H22N2O3S/c1-13-6-2-3-7-14(13)15(21)12-20-17(22)9-4-10-19-18(23)16-8-5-11-24-16/h2-3,5-8,11,15,21H,4,9-10,12H2,1H3,(H,19,23)(H,20,22). The number of carbonyl (C=O) groups excluding carboxylic acids is 2. The Kier molecular flexibility index (Phi) is 6.96. The Hall–Kier alpha value is -2.18. The zero-order chi connectivity index (χ0) is 17.4. The SMILES string of the molecule is Cc1ccccc1C(O)CNC(=O)CCCNC(=O)c1cccs1. The first-order valence-electron chi connectivity index (χ1n) is 7.90. The van der Waals surface area contributed by atoms with Crippen molar-refractivity contribution in [2.24, 2.45) is 0 Å². The Balaban J connectivity index is 1.63. The minimum Gasteiger partial charge on any atom is -0.387 e. The maximum atomic E-state index is 11.8. The molecule has 1 heterocycles. The molecule has 6 heteroatoms. The minimum atomic E-state index is -0.714. The summed E-state index contributed by atoms with van der Waals surface area (Å²) in [6.45, 7) is 2.56. The van der Waals surface area contributed by atoms with E-state index in [1.54, 1.807) is 6.07 Å². The molecule has 0 aliphatic rings. The lowest BCUT2D eigenvalue weighted by Crippen LogP contribution is -2.30. The monoisotopic (exact) mass is 346 g/mol. The molecule has 1 aromatic carbocycles. The fourth-order valence-electron chi connectivity index (χ4n) is 2.32. The molecule has 0 bridgehead atoms. The molecule has 0 saturated carbocycles. The summed E-state index contributed by atoms with van der Waals surface area (Å²) in [6.07, 6.45) is 0.155. The van der Waals surface area contributed by atoms with Gasteiger partial charge in [0.25, 0.3) is 5.91 Å². The zero-order valence-corrected chi connectivity index (χ0v) is 14.4. The summed E-state index contributed by atoms with van der Waals surface area (Å²) in [6, 6.07) is 11.1. The molecule has 0 aliphatic carbocycles. The highest BCUT2D eigenvalue weighted by molar-refractivity contribution is 7.12. The van der Waals surface area contributed by atoms with Crippen molar-refractivity contribution in [1.82, 2.24) is 10.6 Å². The lowest BCUT2D eigenvalue weighted by atomic mass is 10.0. The highest BCUT2D eigenvalue weighted by atomic mass is 32.1. The largest absolute Gasteiger partial charge is 0.387 e. The number of aliphatic hydroxyl groups excluding tert-OH is 1. The summed E-state index contributed by atoms with van der Waals surface area (Å²) in [5.41, 5.74) is 1.82. The van der Waals surface area contributed by atoms with Crippen molar-refractivity contribution in [3.8, 4) is 0 Å². The van der Waals surface area contributed by atoms with Crippen molar-refractivity contribution >= 4 is 23.2 Å². The Morgan fingerprint density at radius 1 is 1.17 bits per heavy atom. The Morgan fingerprint density at radius 2 is 1.96 bits per heavy atom. The van der Waals surface area contributed by atoms with Crippen LogP contribution in [0.2, 0.25) is 0 Å². The highest BCUT2D eigenvalue weighted by Gasteiger charge is 2.11. The number of rotatable bonds is 8. The summed E-state index contributed by atoms with van der Waals surface area (Å²) in [5.74, 6) is -0.242. The van der Waals surface area contributed by atoms with Gasteiger partial charge in [0.15, 0.2) is 0 Å². The third kappa shape index (κ3) is 5.47. The Bertz CT molecular complexity index is 671. The molecule has 2 amide bonds. The number of thiophene rings is 1. The van der Waals surface area contributed by atoms with Crippen LogP contribution in [0, 0.1) is 6.92 Å². The van der Waals surface area contributed by atoms with E-state index in [1.807, 2.05) is 42.6 Å². The van der Waals surface area contributed by atoms with Crippen molar-refractivity contribution in [3.05, 3.63) is 57.8 Å². The average Bonchev–Trinajstić information content (AvgIpc) is 3.11. The fraction of sp³-hybridized carbons (Fsp3) is 0.333. The van der Waals surface area contributed by atoms with Crippen LogP contribution in [0.4, 0.5) is 0 Å². The molecule has 128 valence electrons. The van der Waals surface area contributed by atoms with Crippen molar-refractivity contribution in [2.45, 2.75) is 25.9 Å². The molecule has 2 aromatic rings. The molecular weight excluding hydrogens is 324 g/mol. The molecule has 24 heavy (non-hydrogen) atoms. The molecule has 1 unspecified atom stereocenters. The van der Waals surface area contributed by atoms with E-state index in [0.717, 1.165) is 11.1 Å². The molecule has 0 aliphatic heterocycles. The number of benzene rings is 1. The first-order chi connectivity index (χ1) is 11.6. The van der Waals surface area contributed by atoms with E-state index in [0.29, 0.717) is 24.3 Å². The molecular formula is C18H22N2O3S. The maximum absolute atomic E-state index is 11.8. The van der Waals surface area contributed by atoms with Crippen LogP contribution in [0.5, 0.6) is 0 Å². The third-order valence-corrected chi connectivity index (χ3v) is 4.52. The van der Waals surface area contributed by atoms with E-state index in [4.69, 9.17) is 0 Å². The number of amides is 2. The highest BCUT2D eigenvalue weighted by Crippen LogP contribution is 2.16. The summed E-state index contributed by atoms with van der Waals surface area (Å²) in [5, 5.41) is 17.5. The van der Waals surface area contributed by atoms with E-state index in [-0.39, 0.29) is 18.4 Å². The van der Waals surface area contributed by atoms with Crippen LogP contribution < -0.4 is 10.6 Å². The lowest BCUT2D eigenvalue weighted by Gasteiger charge is -2.14. The molecule has 3 N–H and O–H groups in total. The van der Waals surface area contributed by atoms with Gasteiger partial charge in [-0.2, -0.15) is 0 Å². The quantitative estimate of drug-likeness (QED) is 0.642. The van der Waals surface area contributed by atoms with Crippen molar-refractivity contribution < 1.29 is 14.7 Å². The summed E-state index contributed by atoms with van der Waals surface area (Å²) >= 11 is 1.39. The fourth-order valence-corrected chi connectivity index (χ4v) is 2.96. The van der Waals surface area contributed by atoms with Crippen LogP contribution >= 0.6 is 11.3 Å². The van der Waals surface area contributed by atoms with Gasteiger partial charge in [-0.3, -0.25) is 9.59 Å². The predicted octanol–water partition coefficient (Wildman–Crippen LogP) is 2.42. The first-order valence-corrected chi connectivity index (χ1v) is 8.78. The number of hydrogen-bond acceptors (Lipinski definition) is 4. The van der Waals surface area contributed by atoms with Gasteiger partial charge in [-0.1, -0.05) is 30.3 Å². The lowest BCUT2D eigenvalue weighted by molar-refractivity contribution is -0.121. The van der Waals surface area contributed by atoms with Gasteiger partial charge in [0.2, 0.25) is 5.91 Å². The number of nitrogens with one attached hydrogen (secondary N) is 2. The van der Waals surface area contributed by atoms with Gasteiger partial charge < -0.3 is 15.7 Å². The van der Waals surface area contributed by atoms with Crippen LogP contribution in [0.25, 0.3) is 0 Å². The molecule has 1 aromatic heterocycles. The first kappa shape index (κ1) is 18.2. The van der Waals surface area contributed by atoms with Gasteiger partial charge >= 0.3 is 0 Å². The average molecular weight is 346 g/mol. The van der Waals surface area contributed by atoms with Gasteiger partial charge in [0.1, 0.15) is 0 Å². The van der Waals surface area contributed by atoms with Crippen LogP contribution in [-0.2, 0) is 4.79 Å². The van der Waals surface area contributed by atoms with Crippen molar-refractivity contribution in [3.63, 3.8) is 0 Å². The second-order valence-electron chi connectivity index (χ2n) is 5.51. The molecule has 0 radical (unpaired) electrons. The third-order valence-electron chi connectivity index (χ3n) is 3.65.